The summed E-state index contributed by atoms with van der Waals surface area (Å²) in [5.41, 5.74) is 1.80. The number of hydrogen-bond donors (Lipinski definition) is 3. The Kier molecular flexibility index (Phi) is 7.18. The molecule has 2 saturated heterocycles. The molecule has 3 N–H and O–H groups in total. The fourth-order valence-electron chi connectivity index (χ4n) is 4.65. The lowest BCUT2D eigenvalue weighted by Gasteiger charge is -2.36. The topological polar surface area (TPSA) is 117 Å². The molecule has 0 bridgehead atoms. The highest BCUT2D eigenvalue weighted by Crippen LogP contribution is 2.36. The third-order valence-corrected chi connectivity index (χ3v) is 6.68. The number of nitrogens with one attached hydrogen (secondary N) is 3. The summed E-state index contributed by atoms with van der Waals surface area (Å²) in [6.45, 7) is 4.11. The summed E-state index contributed by atoms with van der Waals surface area (Å²) in [5, 5.41) is 6.78. The summed E-state index contributed by atoms with van der Waals surface area (Å²) in [6, 6.07) is 8.22. The van der Waals surface area contributed by atoms with Crippen molar-refractivity contribution < 1.29 is 18.7 Å². The van der Waals surface area contributed by atoms with Crippen LogP contribution in [0.25, 0.3) is 22.6 Å². The van der Waals surface area contributed by atoms with Crippen molar-refractivity contribution in [1.82, 2.24) is 30.2 Å². The number of amides is 1. The van der Waals surface area contributed by atoms with Crippen LogP contribution in [-0.4, -0.2) is 77.2 Å². The number of aromatic nitrogens is 4. The minimum Gasteiger partial charge on any atom is -0.351 e. The number of piperidine rings is 1. The molecule has 10 nitrogen and oxygen atoms in total. The largest absolute Gasteiger partial charge is 0.351 e. The molecule has 37 heavy (non-hydrogen) atoms. The summed E-state index contributed by atoms with van der Waals surface area (Å²) in [6.07, 6.45) is 2.90. The molecule has 2 aromatic heterocycles. The van der Waals surface area contributed by atoms with Crippen LogP contribution in [0.15, 0.2) is 36.5 Å². The highest BCUT2D eigenvalue weighted by molar-refractivity contribution is 5.82. The average molecular weight is 510 g/mol. The smallest absolute Gasteiger partial charge is 0.232 e. The molecule has 4 heterocycles. The van der Waals surface area contributed by atoms with Crippen molar-refractivity contribution in [2.45, 2.75) is 32.1 Å². The first kappa shape index (κ1) is 25.2. The van der Waals surface area contributed by atoms with Gasteiger partial charge in [0.25, 0.3) is 0 Å². The van der Waals surface area contributed by atoms with Crippen LogP contribution in [-0.2, 0) is 14.3 Å². The molecule has 0 atom stereocenters. The van der Waals surface area contributed by atoms with E-state index in [1.54, 1.807) is 38.5 Å². The lowest BCUT2D eigenvalue weighted by atomic mass is 9.90. The number of anilines is 1. The Morgan fingerprint density at radius 3 is 2.49 bits per heavy atom. The van der Waals surface area contributed by atoms with Crippen molar-refractivity contribution >= 4 is 11.9 Å². The van der Waals surface area contributed by atoms with Gasteiger partial charge in [0.2, 0.25) is 18.1 Å². The summed E-state index contributed by atoms with van der Waals surface area (Å²) in [4.78, 5) is 31.4. The molecule has 0 spiro atoms. The normalized spacial score (nSPS) is 22.5. The first-order valence-electron chi connectivity index (χ1n) is 12.4. The molecular formula is C26H32FN7O3. The second-order valence-corrected chi connectivity index (χ2v) is 10.0. The Hall–Kier alpha value is -3.41. The minimum absolute atomic E-state index is 0.0622. The van der Waals surface area contributed by atoms with E-state index < -0.39 is 11.7 Å². The van der Waals surface area contributed by atoms with Gasteiger partial charge in [-0.1, -0.05) is 0 Å². The van der Waals surface area contributed by atoms with Gasteiger partial charge in [-0.05, 0) is 63.2 Å². The Morgan fingerprint density at radius 1 is 1.11 bits per heavy atom. The molecule has 0 radical (unpaired) electrons. The van der Waals surface area contributed by atoms with Crippen LogP contribution in [0.4, 0.5) is 10.3 Å². The predicted octanol–water partition coefficient (Wildman–Crippen LogP) is 2.98. The van der Waals surface area contributed by atoms with Gasteiger partial charge in [0.05, 0.1) is 35.7 Å². The maximum absolute atomic E-state index is 13.7. The van der Waals surface area contributed by atoms with Crippen molar-refractivity contribution in [3.05, 3.63) is 48.2 Å². The van der Waals surface area contributed by atoms with Crippen LogP contribution >= 0.6 is 0 Å². The third kappa shape index (κ3) is 5.48. The van der Waals surface area contributed by atoms with Crippen LogP contribution in [0.2, 0.25) is 0 Å². The van der Waals surface area contributed by atoms with Crippen molar-refractivity contribution in [3.8, 4) is 22.6 Å². The van der Waals surface area contributed by atoms with E-state index >= 15 is 0 Å². The number of hydrogen-bond acceptors (Lipinski definition) is 8. The summed E-state index contributed by atoms with van der Waals surface area (Å²) in [7, 11) is 3.42. The lowest BCUT2D eigenvalue weighted by molar-refractivity contribution is -0.233. The maximum atomic E-state index is 13.7. The van der Waals surface area contributed by atoms with E-state index in [9.17, 15) is 9.18 Å². The lowest BCUT2D eigenvalue weighted by Crippen LogP contribution is -2.48. The second-order valence-electron chi connectivity index (χ2n) is 10.0. The minimum atomic E-state index is -0.787. The average Bonchev–Trinajstić information content (AvgIpc) is 3.35. The number of halogens is 1. The molecule has 1 aromatic carbocycles. The van der Waals surface area contributed by atoms with E-state index in [1.165, 1.54) is 17.0 Å². The van der Waals surface area contributed by atoms with Gasteiger partial charge in [0.1, 0.15) is 5.82 Å². The van der Waals surface area contributed by atoms with E-state index in [2.05, 4.69) is 20.6 Å². The molecule has 3 aromatic rings. The molecule has 2 aliphatic rings. The van der Waals surface area contributed by atoms with Crippen LogP contribution < -0.4 is 10.6 Å². The number of carbonyl (C=O) groups is 1. The first-order chi connectivity index (χ1) is 17.8. The Bertz CT molecular complexity index is 1230. The van der Waals surface area contributed by atoms with E-state index in [1.807, 2.05) is 6.92 Å². The predicted molar refractivity (Wildman–Crippen MR) is 136 cm³/mol. The number of benzene rings is 1. The monoisotopic (exact) mass is 509 g/mol. The molecule has 11 heteroatoms. The van der Waals surface area contributed by atoms with E-state index in [4.69, 9.17) is 19.4 Å². The van der Waals surface area contributed by atoms with Gasteiger partial charge >= 0.3 is 0 Å². The zero-order chi connectivity index (χ0) is 26.0. The van der Waals surface area contributed by atoms with Crippen LogP contribution in [0.5, 0.6) is 0 Å². The van der Waals surface area contributed by atoms with Gasteiger partial charge in [-0.15, -0.1) is 0 Å². The SMILES string of the molecule is CN(C)C(=O)C1(C)COC(c2nc(-c3ccc(F)cc3)c(-c3ccnc(NC4CCNCC4)n3)[nH]2)OC1. The van der Waals surface area contributed by atoms with Gasteiger partial charge < -0.3 is 30.0 Å². The number of carbonyl (C=O) groups excluding carboxylic acids is 1. The number of aromatic amines is 1. The molecule has 196 valence electrons. The van der Waals surface area contributed by atoms with Crippen molar-refractivity contribution in [1.29, 1.82) is 0 Å². The zero-order valence-corrected chi connectivity index (χ0v) is 21.3. The van der Waals surface area contributed by atoms with Gasteiger partial charge in [-0.3, -0.25) is 4.79 Å². The van der Waals surface area contributed by atoms with Crippen LogP contribution in [0, 0.1) is 11.2 Å². The Labute approximate surface area is 215 Å². The first-order valence-corrected chi connectivity index (χ1v) is 12.4. The molecule has 2 fully saturated rings. The van der Waals surface area contributed by atoms with Crippen molar-refractivity contribution in [2.24, 2.45) is 5.41 Å². The van der Waals surface area contributed by atoms with Crippen LogP contribution in [0.3, 0.4) is 0 Å². The Morgan fingerprint density at radius 2 is 1.81 bits per heavy atom. The van der Waals surface area contributed by atoms with Crippen molar-refractivity contribution in [2.75, 3.05) is 45.7 Å². The van der Waals surface area contributed by atoms with Crippen molar-refractivity contribution in [3.63, 3.8) is 0 Å². The highest BCUT2D eigenvalue weighted by atomic mass is 19.1. The maximum Gasteiger partial charge on any atom is 0.232 e. The summed E-state index contributed by atoms with van der Waals surface area (Å²) in [5.74, 6) is 0.585. The molecule has 5 rings (SSSR count). The van der Waals surface area contributed by atoms with E-state index in [-0.39, 0.29) is 24.9 Å². The highest BCUT2D eigenvalue weighted by Gasteiger charge is 2.41. The fourth-order valence-corrected chi connectivity index (χ4v) is 4.65. The van der Waals surface area contributed by atoms with Crippen LogP contribution in [0.1, 0.15) is 31.9 Å². The van der Waals surface area contributed by atoms with Gasteiger partial charge in [0, 0.05) is 31.9 Å². The van der Waals surface area contributed by atoms with Gasteiger partial charge in [-0.25, -0.2) is 19.3 Å². The zero-order valence-electron chi connectivity index (χ0n) is 21.3. The number of H-pyrrole nitrogens is 1. The van der Waals surface area contributed by atoms with Gasteiger partial charge in [-0.2, -0.15) is 0 Å². The summed E-state index contributed by atoms with van der Waals surface area (Å²) < 4.78 is 25.6. The molecule has 0 saturated carbocycles. The van der Waals surface area contributed by atoms with E-state index in [0.717, 1.165) is 25.9 Å². The molecule has 1 amide bonds. The number of rotatable bonds is 6. The third-order valence-electron chi connectivity index (χ3n) is 6.68. The molecule has 0 aliphatic carbocycles. The molecule has 0 unspecified atom stereocenters. The standard InChI is InChI=1S/C26H32FN7O3/c1-26(24(35)34(2)3)14-36-23(37-15-26)22-32-20(16-4-6-17(27)7-5-16)21(33-22)19-10-13-29-25(31-19)30-18-8-11-28-12-9-18/h4-7,10,13,18,23,28H,8-9,11-12,14-15H2,1-3H3,(H,32,33)(H,29,30,31). The van der Waals surface area contributed by atoms with E-state index in [0.29, 0.717) is 40.5 Å². The molecule has 2 aliphatic heterocycles. The summed E-state index contributed by atoms with van der Waals surface area (Å²) >= 11 is 0. The second kappa shape index (κ2) is 10.5. The number of nitrogens with zero attached hydrogens (tertiary/aromatic N) is 4. The Balaban J connectivity index is 1.44. The van der Waals surface area contributed by atoms with Gasteiger partial charge in [0.15, 0.2) is 5.82 Å². The quantitative estimate of drug-likeness (QED) is 0.464. The molecular weight excluding hydrogens is 477 g/mol. The fraction of sp³-hybridized carbons (Fsp3) is 0.462. The number of imidazole rings is 1. The number of ether oxygens (including phenoxy) is 2.